The number of hydrogen-bond acceptors (Lipinski definition) is 3. The van der Waals surface area contributed by atoms with Crippen LogP contribution in [0.2, 0.25) is 0 Å². The number of aliphatic hydroxyl groups is 1. The van der Waals surface area contributed by atoms with Gasteiger partial charge in [0.2, 0.25) is 0 Å². The summed E-state index contributed by atoms with van der Waals surface area (Å²) in [5.41, 5.74) is 3.80. The van der Waals surface area contributed by atoms with Crippen molar-refractivity contribution in [1.82, 2.24) is 0 Å². The monoisotopic (exact) mass is 738 g/mol. The number of ether oxygens (including phenoxy) is 2. The maximum Gasteiger partial charge on any atom is 0.378 e. The van der Waals surface area contributed by atoms with Crippen molar-refractivity contribution >= 4 is 0 Å². The fraction of sp³-hybridized carbons (Fsp3) is 0.561. The minimum Gasteiger partial charge on any atom is -0.489 e. The van der Waals surface area contributed by atoms with Gasteiger partial charge in [-0.2, -0.15) is 35.1 Å². The van der Waals surface area contributed by atoms with Crippen molar-refractivity contribution in [2.24, 2.45) is 23.2 Å². The van der Waals surface area contributed by atoms with E-state index in [-0.39, 0.29) is 41.6 Å². The third-order valence-electron chi connectivity index (χ3n) is 12.1. The topological polar surface area (TPSA) is 38.7 Å². The van der Waals surface area contributed by atoms with Crippen molar-refractivity contribution in [1.29, 1.82) is 0 Å². The van der Waals surface area contributed by atoms with E-state index in [0.29, 0.717) is 25.4 Å². The molecule has 0 amide bonds. The maximum atomic E-state index is 15.0. The number of halogens is 8. The maximum absolute atomic E-state index is 15.0. The summed E-state index contributed by atoms with van der Waals surface area (Å²) < 4.78 is 128. The van der Waals surface area contributed by atoms with Crippen molar-refractivity contribution in [3.8, 4) is 5.75 Å². The lowest BCUT2D eigenvalue weighted by Gasteiger charge is -2.54. The van der Waals surface area contributed by atoms with E-state index in [1.54, 1.807) is 0 Å². The Bertz CT molecular complexity index is 1640. The highest BCUT2D eigenvalue weighted by Crippen LogP contribution is 2.64. The number of aryl methyl sites for hydroxylation is 1. The van der Waals surface area contributed by atoms with E-state index < -0.39 is 49.6 Å². The molecule has 3 aliphatic rings. The molecule has 0 aromatic heterocycles. The molecule has 3 aliphatic carbocycles. The van der Waals surface area contributed by atoms with Gasteiger partial charge in [0.25, 0.3) is 0 Å². The van der Waals surface area contributed by atoms with Gasteiger partial charge in [-0.3, -0.25) is 0 Å². The lowest BCUT2D eigenvalue weighted by molar-refractivity contribution is -0.368. The largest absolute Gasteiger partial charge is 0.489 e. The molecule has 11 heteroatoms. The summed E-state index contributed by atoms with van der Waals surface area (Å²) in [4.78, 5) is 0. The Labute approximate surface area is 299 Å². The Morgan fingerprint density at radius 3 is 2.00 bits per heavy atom. The summed E-state index contributed by atoms with van der Waals surface area (Å²) >= 11 is 0. The summed E-state index contributed by atoms with van der Waals surface area (Å²) in [6.45, 7) is 1.37. The van der Waals surface area contributed by atoms with Gasteiger partial charge in [0, 0.05) is 19.4 Å². The van der Waals surface area contributed by atoms with Gasteiger partial charge in [0.05, 0.1) is 12.7 Å². The zero-order chi connectivity index (χ0) is 37.4. The summed E-state index contributed by atoms with van der Waals surface area (Å²) in [5.74, 6) is -22.9. The summed E-state index contributed by atoms with van der Waals surface area (Å²) in [7, 11) is 0. The number of rotatable bonds is 15. The molecule has 6 rings (SSSR count). The first-order chi connectivity index (χ1) is 24.6. The molecule has 0 heterocycles. The number of aliphatic hydroxyl groups excluding tert-OH is 1. The fourth-order valence-electron chi connectivity index (χ4n) is 9.48. The zero-order valence-electron chi connectivity index (χ0n) is 29.2. The zero-order valence-corrected chi connectivity index (χ0v) is 29.2. The second-order valence-corrected chi connectivity index (χ2v) is 15.2. The Morgan fingerprint density at radius 1 is 0.750 bits per heavy atom. The predicted octanol–water partition coefficient (Wildman–Crippen LogP) is 11.0. The van der Waals surface area contributed by atoms with Crippen molar-refractivity contribution in [2.75, 3.05) is 6.61 Å². The van der Waals surface area contributed by atoms with Crippen LogP contribution in [0.25, 0.3) is 0 Å². The molecule has 2 fully saturated rings. The van der Waals surface area contributed by atoms with Gasteiger partial charge in [-0.15, -0.1) is 0 Å². The smallest absolute Gasteiger partial charge is 0.378 e. The van der Waals surface area contributed by atoms with Crippen LogP contribution in [0.4, 0.5) is 35.1 Å². The number of alkyl halides is 8. The molecule has 0 aliphatic heterocycles. The number of fused-ring (bicyclic) bond motifs is 5. The van der Waals surface area contributed by atoms with Crippen LogP contribution >= 0.6 is 0 Å². The van der Waals surface area contributed by atoms with E-state index in [0.717, 1.165) is 47.9 Å². The minimum atomic E-state index is -6.36. The molecule has 0 unspecified atom stereocenters. The van der Waals surface area contributed by atoms with Crippen molar-refractivity contribution in [2.45, 2.75) is 114 Å². The molecule has 1 N–H and O–H groups in total. The van der Waals surface area contributed by atoms with Crippen LogP contribution in [-0.4, -0.2) is 41.5 Å². The van der Waals surface area contributed by atoms with Gasteiger partial charge in [-0.05, 0) is 108 Å². The van der Waals surface area contributed by atoms with Crippen molar-refractivity contribution < 1.29 is 49.7 Å². The van der Waals surface area contributed by atoms with Gasteiger partial charge < -0.3 is 14.6 Å². The molecule has 0 bridgehead atoms. The lowest BCUT2D eigenvalue weighted by atomic mass is 9.51. The van der Waals surface area contributed by atoms with Crippen LogP contribution in [-0.2, 0) is 24.4 Å². The van der Waals surface area contributed by atoms with Gasteiger partial charge in [0.1, 0.15) is 12.4 Å². The predicted molar refractivity (Wildman–Crippen MR) is 181 cm³/mol. The average molecular weight is 739 g/mol. The quantitative estimate of drug-likeness (QED) is 0.158. The molecule has 52 heavy (non-hydrogen) atoms. The van der Waals surface area contributed by atoms with Gasteiger partial charge in [-0.25, -0.2) is 0 Å². The molecule has 284 valence electrons. The summed E-state index contributed by atoms with van der Waals surface area (Å²) in [5, 5.41) is 8.71. The van der Waals surface area contributed by atoms with Crippen molar-refractivity contribution in [3.05, 3.63) is 101 Å². The third-order valence-corrected chi connectivity index (χ3v) is 12.1. The van der Waals surface area contributed by atoms with Crippen LogP contribution in [0.1, 0.15) is 86.5 Å². The average Bonchev–Trinajstić information content (AvgIpc) is 3.45. The first kappa shape index (κ1) is 38.5. The SMILES string of the molecule is C[C@]12C[C@H](CCCC(F)(F)C(F)(F)C(F)(F)C(F)(F)CCO)[C@@H]3c4ccc(OCc5ccccc5)cc4CC[C@H]3[C@@H]1CC[C@@H]2OCc1ccccc1. The standard InChI is InChI=1S/C41H46F8O3/c1-37-24-30(13-8-20-38(42,43)40(46,47)41(48,49)39(44,45)21-22-50)36-32-17-15-31(51-25-27-9-4-2-5-10-27)23-29(32)14-16-33(36)34(37)18-19-35(37)52-26-28-11-6-3-7-12-28/h2-7,9-12,15,17,23,30,33-36,50H,8,13-14,16,18-22,24-26H2,1H3/t30-,33-,34-,35-,36+,37-/m0/s1. The highest BCUT2D eigenvalue weighted by atomic mass is 19.4. The Hall–Kier alpha value is -3.18. The van der Waals surface area contributed by atoms with E-state index in [1.165, 1.54) is 0 Å². The van der Waals surface area contributed by atoms with Crippen LogP contribution in [0, 0.1) is 23.2 Å². The highest BCUT2D eigenvalue weighted by molar-refractivity contribution is 5.41. The summed E-state index contributed by atoms with van der Waals surface area (Å²) in [6, 6.07) is 25.3. The normalized spacial score (nSPS) is 26.4. The Balaban J connectivity index is 1.24. The molecular weight excluding hydrogens is 692 g/mol. The molecule has 3 aromatic rings. The first-order valence-electron chi connectivity index (χ1n) is 18.2. The molecule has 2 saturated carbocycles. The molecule has 6 atom stereocenters. The van der Waals surface area contributed by atoms with E-state index in [1.807, 2.05) is 78.9 Å². The number of benzene rings is 3. The van der Waals surface area contributed by atoms with Crippen LogP contribution in [0.5, 0.6) is 5.75 Å². The van der Waals surface area contributed by atoms with Crippen LogP contribution < -0.4 is 4.74 Å². The van der Waals surface area contributed by atoms with Crippen molar-refractivity contribution in [3.63, 3.8) is 0 Å². The van der Waals surface area contributed by atoms with E-state index >= 15 is 0 Å². The minimum absolute atomic E-state index is 0.0187. The molecular formula is C41H46F8O3. The van der Waals surface area contributed by atoms with E-state index in [9.17, 15) is 35.1 Å². The van der Waals surface area contributed by atoms with Crippen LogP contribution in [0.15, 0.2) is 78.9 Å². The molecule has 0 spiro atoms. The highest BCUT2D eigenvalue weighted by Gasteiger charge is 2.79. The summed E-state index contributed by atoms with van der Waals surface area (Å²) in [6.07, 6.45) is -0.562. The first-order valence-corrected chi connectivity index (χ1v) is 18.2. The Morgan fingerprint density at radius 2 is 1.37 bits per heavy atom. The van der Waals surface area contributed by atoms with E-state index in [2.05, 4.69) is 6.92 Å². The third kappa shape index (κ3) is 7.20. The second kappa shape index (κ2) is 14.9. The molecule has 0 saturated heterocycles. The molecule has 3 nitrogen and oxygen atoms in total. The number of hydrogen-bond donors (Lipinski definition) is 1. The van der Waals surface area contributed by atoms with Gasteiger partial charge >= 0.3 is 23.7 Å². The van der Waals surface area contributed by atoms with Gasteiger partial charge in [-0.1, -0.05) is 73.7 Å². The van der Waals surface area contributed by atoms with Gasteiger partial charge in [0.15, 0.2) is 0 Å². The Kier molecular flexibility index (Phi) is 11.1. The lowest BCUT2D eigenvalue weighted by Crippen LogP contribution is -2.62. The second-order valence-electron chi connectivity index (χ2n) is 15.2. The van der Waals surface area contributed by atoms with E-state index in [4.69, 9.17) is 14.6 Å². The molecule has 0 radical (unpaired) electrons. The fourth-order valence-corrected chi connectivity index (χ4v) is 9.48. The molecule has 3 aromatic carbocycles. The van der Waals surface area contributed by atoms with Crippen LogP contribution in [0.3, 0.4) is 0 Å².